The van der Waals surface area contributed by atoms with Crippen molar-refractivity contribution >= 4 is 0 Å². The van der Waals surface area contributed by atoms with Crippen LogP contribution in [0.15, 0.2) is 53.1 Å². The van der Waals surface area contributed by atoms with Gasteiger partial charge in [-0.15, -0.1) is 0 Å². The molecule has 96 valence electrons. The Morgan fingerprint density at radius 2 is 1.83 bits per heavy atom. The fraction of sp³-hybridized carbons (Fsp3) is 0.375. The summed E-state index contributed by atoms with van der Waals surface area (Å²) >= 11 is 0. The van der Waals surface area contributed by atoms with E-state index in [1.807, 2.05) is 12.1 Å². The van der Waals surface area contributed by atoms with Crippen LogP contribution in [0.4, 0.5) is 0 Å². The summed E-state index contributed by atoms with van der Waals surface area (Å²) in [4.78, 5) is 0. The quantitative estimate of drug-likeness (QED) is 0.831. The number of rotatable bonds is 6. The molecule has 0 bridgehead atoms. The first-order valence-corrected chi connectivity index (χ1v) is 6.59. The van der Waals surface area contributed by atoms with E-state index >= 15 is 0 Å². The Balaban J connectivity index is 1.78. The molecule has 1 aromatic heterocycles. The van der Waals surface area contributed by atoms with Gasteiger partial charge in [0.2, 0.25) is 0 Å². The first kappa shape index (κ1) is 12.9. The van der Waals surface area contributed by atoms with Gasteiger partial charge in [0.25, 0.3) is 0 Å². The molecule has 2 atom stereocenters. The zero-order chi connectivity index (χ0) is 12.8. The molecule has 2 rings (SSSR count). The zero-order valence-electron chi connectivity index (χ0n) is 11.1. The lowest BCUT2D eigenvalue weighted by atomic mass is 10.1. The van der Waals surface area contributed by atoms with Gasteiger partial charge in [-0.05, 0) is 38.0 Å². The maximum Gasteiger partial charge on any atom is 0.103 e. The van der Waals surface area contributed by atoms with Gasteiger partial charge in [0.05, 0.1) is 6.26 Å². The Bertz CT molecular complexity index is 435. The van der Waals surface area contributed by atoms with Gasteiger partial charge in [0.1, 0.15) is 5.76 Å². The molecule has 0 amide bonds. The number of nitrogens with one attached hydrogen (secondary N) is 1. The molecule has 18 heavy (non-hydrogen) atoms. The summed E-state index contributed by atoms with van der Waals surface area (Å²) in [5.74, 6) is 1.07. The second-order valence-electron chi connectivity index (χ2n) is 4.82. The highest BCUT2D eigenvalue weighted by molar-refractivity contribution is 5.18. The normalized spacial score (nSPS) is 14.3. The Morgan fingerprint density at radius 3 is 2.50 bits per heavy atom. The van der Waals surface area contributed by atoms with E-state index < -0.39 is 0 Å². The van der Waals surface area contributed by atoms with Crippen molar-refractivity contribution in [3.63, 3.8) is 0 Å². The topological polar surface area (TPSA) is 25.2 Å². The predicted molar refractivity (Wildman–Crippen MR) is 74.5 cm³/mol. The Kier molecular flexibility index (Phi) is 4.59. The Labute approximate surface area is 109 Å². The lowest BCUT2D eigenvalue weighted by Crippen LogP contribution is -2.29. The molecule has 2 aromatic rings. The van der Waals surface area contributed by atoms with Gasteiger partial charge >= 0.3 is 0 Å². The molecule has 1 unspecified atom stereocenters. The molecule has 0 saturated carbocycles. The van der Waals surface area contributed by atoms with E-state index in [-0.39, 0.29) is 0 Å². The van der Waals surface area contributed by atoms with E-state index in [4.69, 9.17) is 4.42 Å². The number of aryl methyl sites for hydroxylation is 1. The molecule has 0 aliphatic carbocycles. The molecule has 1 heterocycles. The predicted octanol–water partition coefficient (Wildman–Crippen LogP) is 3.95. The van der Waals surface area contributed by atoms with Crippen LogP contribution in [0.3, 0.4) is 0 Å². The lowest BCUT2D eigenvalue weighted by molar-refractivity contribution is 0.430. The average Bonchev–Trinajstić information content (AvgIpc) is 2.90. The minimum absolute atomic E-state index is 0.387. The van der Waals surface area contributed by atoms with Crippen LogP contribution in [0.5, 0.6) is 0 Å². The standard InChI is InChI=1S/C16H21NO/c1-13(10-11-16-9-6-12-18-16)17-14(2)15-7-4-3-5-8-15/h3-9,12-14,17H,10-11H2,1-2H3/t13?,14-/m1/s1. The molecule has 0 fully saturated rings. The molecule has 1 N–H and O–H groups in total. The fourth-order valence-corrected chi connectivity index (χ4v) is 2.16. The average molecular weight is 243 g/mol. The molecule has 0 aliphatic heterocycles. The molecule has 0 saturated heterocycles. The SMILES string of the molecule is CC(CCc1ccco1)N[C@H](C)c1ccccc1. The second kappa shape index (κ2) is 6.41. The summed E-state index contributed by atoms with van der Waals surface area (Å²) in [5.41, 5.74) is 1.34. The van der Waals surface area contributed by atoms with Gasteiger partial charge in [-0.3, -0.25) is 0 Å². The van der Waals surface area contributed by atoms with E-state index in [1.165, 1.54) is 5.56 Å². The smallest absolute Gasteiger partial charge is 0.103 e. The maximum atomic E-state index is 5.35. The van der Waals surface area contributed by atoms with Crippen LogP contribution in [-0.4, -0.2) is 6.04 Å². The highest BCUT2D eigenvalue weighted by Gasteiger charge is 2.09. The monoisotopic (exact) mass is 243 g/mol. The Morgan fingerprint density at radius 1 is 1.06 bits per heavy atom. The number of benzene rings is 1. The third kappa shape index (κ3) is 3.74. The molecule has 2 heteroatoms. The van der Waals surface area contributed by atoms with Crippen LogP contribution in [0.1, 0.15) is 37.6 Å². The molecular weight excluding hydrogens is 222 g/mol. The van der Waals surface area contributed by atoms with Crippen molar-refractivity contribution in [2.75, 3.05) is 0 Å². The van der Waals surface area contributed by atoms with Crippen molar-refractivity contribution in [1.29, 1.82) is 0 Å². The van der Waals surface area contributed by atoms with Crippen LogP contribution in [0.25, 0.3) is 0 Å². The van der Waals surface area contributed by atoms with E-state index in [0.717, 1.165) is 18.6 Å². The van der Waals surface area contributed by atoms with Crippen LogP contribution in [0.2, 0.25) is 0 Å². The van der Waals surface area contributed by atoms with Gasteiger partial charge < -0.3 is 9.73 Å². The third-order valence-electron chi connectivity index (χ3n) is 3.24. The number of hydrogen-bond donors (Lipinski definition) is 1. The molecular formula is C16H21NO. The van der Waals surface area contributed by atoms with E-state index in [2.05, 4.69) is 49.5 Å². The minimum atomic E-state index is 0.387. The summed E-state index contributed by atoms with van der Waals surface area (Å²) in [6.45, 7) is 4.43. The first-order chi connectivity index (χ1) is 8.75. The van der Waals surface area contributed by atoms with E-state index in [0.29, 0.717) is 12.1 Å². The van der Waals surface area contributed by atoms with Gasteiger partial charge in [0, 0.05) is 18.5 Å². The first-order valence-electron chi connectivity index (χ1n) is 6.59. The second-order valence-corrected chi connectivity index (χ2v) is 4.82. The van der Waals surface area contributed by atoms with Crippen molar-refractivity contribution in [1.82, 2.24) is 5.32 Å². The van der Waals surface area contributed by atoms with Gasteiger partial charge in [0.15, 0.2) is 0 Å². The fourth-order valence-electron chi connectivity index (χ4n) is 2.16. The highest BCUT2D eigenvalue weighted by Crippen LogP contribution is 2.13. The molecule has 0 radical (unpaired) electrons. The highest BCUT2D eigenvalue weighted by atomic mass is 16.3. The van der Waals surface area contributed by atoms with Crippen LogP contribution in [0, 0.1) is 0 Å². The van der Waals surface area contributed by atoms with Crippen molar-refractivity contribution in [3.8, 4) is 0 Å². The summed E-state index contributed by atoms with van der Waals surface area (Å²) in [6, 6.07) is 15.4. The van der Waals surface area contributed by atoms with Crippen LogP contribution < -0.4 is 5.32 Å². The van der Waals surface area contributed by atoms with Crippen LogP contribution in [-0.2, 0) is 6.42 Å². The number of furan rings is 1. The van der Waals surface area contributed by atoms with E-state index in [9.17, 15) is 0 Å². The summed E-state index contributed by atoms with van der Waals surface area (Å²) < 4.78 is 5.35. The van der Waals surface area contributed by atoms with Gasteiger partial charge in [-0.2, -0.15) is 0 Å². The summed E-state index contributed by atoms with van der Waals surface area (Å²) in [5, 5.41) is 3.62. The molecule has 0 spiro atoms. The summed E-state index contributed by atoms with van der Waals surface area (Å²) in [6.07, 6.45) is 3.81. The van der Waals surface area contributed by atoms with E-state index in [1.54, 1.807) is 6.26 Å². The van der Waals surface area contributed by atoms with Crippen molar-refractivity contribution in [3.05, 3.63) is 60.1 Å². The minimum Gasteiger partial charge on any atom is -0.469 e. The van der Waals surface area contributed by atoms with Gasteiger partial charge in [-0.1, -0.05) is 30.3 Å². The third-order valence-corrected chi connectivity index (χ3v) is 3.24. The van der Waals surface area contributed by atoms with Crippen molar-refractivity contribution in [2.45, 2.75) is 38.8 Å². The van der Waals surface area contributed by atoms with Gasteiger partial charge in [-0.25, -0.2) is 0 Å². The molecule has 0 aliphatic rings. The van der Waals surface area contributed by atoms with Crippen molar-refractivity contribution in [2.24, 2.45) is 0 Å². The maximum absolute atomic E-state index is 5.35. The summed E-state index contributed by atoms with van der Waals surface area (Å²) in [7, 11) is 0. The lowest BCUT2D eigenvalue weighted by Gasteiger charge is -2.20. The molecule has 1 aromatic carbocycles. The largest absolute Gasteiger partial charge is 0.469 e. The Hall–Kier alpha value is -1.54. The molecule has 2 nitrogen and oxygen atoms in total. The number of hydrogen-bond acceptors (Lipinski definition) is 2. The van der Waals surface area contributed by atoms with Crippen molar-refractivity contribution < 1.29 is 4.42 Å². The van der Waals surface area contributed by atoms with Crippen LogP contribution >= 0.6 is 0 Å². The zero-order valence-corrected chi connectivity index (χ0v) is 11.1.